The molecule has 0 saturated heterocycles. The van der Waals surface area contributed by atoms with Gasteiger partial charge in [0.05, 0.1) is 11.1 Å². The van der Waals surface area contributed by atoms with E-state index in [2.05, 4.69) is 0 Å². The molecule has 0 bridgehead atoms. The van der Waals surface area contributed by atoms with Gasteiger partial charge in [-0.1, -0.05) is 59.7 Å². The molecule has 0 spiro atoms. The molecule has 0 unspecified atom stereocenters. The highest BCUT2D eigenvalue weighted by Gasteiger charge is 2.41. The third-order valence-corrected chi connectivity index (χ3v) is 4.56. The minimum absolute atomic E-state index is 0.0917. The first kappa shape index (κ1) is 22.3. The quantitative estimate of drug-likeness (QED) is 0.428. The number of halogens is 6. The van der Waals surface area contributed by atoms with Crippen molar-refractivity contribution in [3.63, 3.8) is 0 Å². The largest absolute Gasteiger partial charge is 0.417 e. The normalized spacial score (nSPS) is 13.7. The first-order valence-corrected chi connectivity index (χ1v) is 8.77. The van der Waals surface area contributed by atoms with Gasteiger partial charge in [0.15, 0.2) is 0 Å². The van der Waals surface area contributed by atoms with Gasteiger partial charge in [0.25, 0.3) is 0 Å². The molecule has 28 heavy (non-hydrogen) atoms. The Morgan fingerprint density at radius 1 is 0.607 bits per heavy atom. The van der Waals surface area contributed by atoms with Crippen LogP contribution in [0.25, 0.3) is 11.1 Å². The molecular formula is C22H23F6. The van der Waals surface area contributed by atoms with E-state index in [9.17, 15) is 26.3 Å². The Bertz CT molecular complexity index is 794. The van der Waals surface area contributed by atoms with E-state index in [1.54, 1.807) is 0 Å². The fourth-order valence-electron chi connectivity index (χ4n) is 2.89. The van der Waals surface area contributed by atoms with E-state index in [0.29, 0.717) is 23.3 Å². The molecule has 0 aliphatic rings. The monoisotopic (exact) mass is 401 g/mol. The number of hydrogen-bond acceptors (Lipinski definition) is 0. The van der Waals surface area contributed by atoms with Gasteiger partial charge in [0.2, 0.25) is 0 Å². The summed E-state index contributed by atoms with van der Waals surface area (Å²) < 4.78 is 81.5. The standard InChI is InChI=1S/C22H23F6/c1-19(2,3)14-10-13(11-15(12-14)20(4,5)6)18-16(21(23,24)25)8-7-9-17(18)22(26,27)28/h8-12H,1-6H3. The summed E-state index contributed by atoms with van der Waals surface area (Å²) in [6, 6.07) is 7.85. The first-order valence-electron chi connectivity index (χ1n) is 8.77. The second-order valence-corrected chi connectivity index (χ2v) is 8.95. The van der Waals surface area contributed by atoms with E-state index in [4.69, 9.17) is 0 Å². The summed E-state index contributed by atoms with van der Waals surface area (Å²) >= 11 is 0. The van der Waals surface area contributed by atoms with Gasteiger partial charge < -0.3 is 0 Å². The Kier molecular flexibility index (Phi) is 5.43. The fourth-order valence-corrected chi connectivity index (χ4v) is 2.89. The molecule has 0 heterocycles. The van der Waals surface area contributed by atoms with Crippen LogP contribution in [0.2, 0.25) is 0 Å². The Labute approximate surface area is 161 Å². The minimum Gasteiger partial charge on any atom is -0.166 e. The molecule has 0 nitrogen and oxygen atoms in total. The molecule has 0 saturated carbocycles. The van der Waals surface area contributed by atoms with Gasteiger partial charge in [0, 0.05) is 5.56 Å². The zero-order valence-electron chi connectivity index (χ0n) is 16.7. The SMILES string of the molecule is CC(C)(C)c1cc(-c2c(C(F)(F)F)c[c]cc2C(F)(F)F)cc(C(C)(C)C)c1. The van der Waals surface area contributed by atoms with Crippen molar-refractivity contribution in [1.82, 2.24) is 0 Å². The van der Waals surface area contributed by atoms with Crippen molar-refractivity contribution in [2.45, 2.75) is 64.7 Å². The molecule has 0 aromatic heterocycles. The number of alkyl halides is 6. The van der Waals surface area contributed by atoms with E-state index in [1.165, 1.54) is 12.1 Å². The van der Waals surface area contributed by atoms with Crippen molar-refractivity contribution in [2.24, 2.45) is 0 Å². The molecule has 0 atom stereocenters. The van der Waals surface area contributed by atoms with Crippen molar-refractivity contribution >= 4 is 0 Å². The maximum atomic E-state index is 13.6. The van der Waals surface area contributed by atoms with E-state index in [1.807, 2.05) is 53.7 Å². The van der Waals surface area contributed by atoms with Crippen LogP contribution in [0.15, 0.2) is 30.3 Å². The van der Waals surface area contributed by atoms with Crippen molar-refractivity contribution in [2.75, 3.05) is 0 Å². The molecule has 0 aliphatic carbocycles. The Morgan fingerprint density at radius 2 is 0.964 bits per heavy atom. The van der Waals surface area contributed by atoms with Crippen LogP contribution in [0.4, 0.5) is 26.3 Å². The molecule has 1 radical (unpaired) electrons. The lowest BCUT2D eigenvalue weighted by Gasteiger charge is -2.27. The van der Waals surface area contributed by atoms with Gasteiger partial charge in [-0.05, 0) is 45.7 Å². The van der Waals surface area contributed by atoms with Gasteiger partial charge in [0.1, 0.15) is 0 Å². The molecule has 2 aromatic rings. The Morgan fingerprint density at radius 3 is 1.25 bits per heavy atom. The maximum absolute atomic E-state index is 13.6. The summed E-state index contributed by atoms with van der Waals surface area (Å²) in [5.74, 6) is 0. The third-order valence-electron chi connectivity index (χ3n) is 4.56. The van der Waals surface area contributed by atoms with Crippen LogP contribution in [-0.2, 0) is 23.2 Å². The average Bonchev–Trinajstić information content (AvgIpc) is 2.50. The van der Waals surface area contributed by atoms with Crippen LogP contribution >= 0.6 is 0 Å². The highest BCUT2D eigenvalue weighted by atomic mass is 19.4. The van der Waals surface area contributed by atoms with Crippen LogP contribution in [0.3, 0.4) is 0 Å². The lowest BCUT2D eigenvalue weighted by atomic mass is 9.78. The molecule has 2 rings (SSSR count). The smallest absolute Gasteiger partial charge is 0.166 e. The van der Waals surface area contributed by atoms with Crippen LogP contribution in [0, 0.1) is 6.07 Å². The highest BCUT2D eigenvalue weighted by molar-refractivity contribution is 5.74. The van der Waals surface area contributed by atoms with E-state index in [-0.39, 0.29) is 5.56 Å². The predicted molar refractivity (Wildman–Crippen MR) is 98.1 cm³/mol. The fraction of sp³-hybridized carbons (Fsp3) is 0.455. The Balaban J connectivity index is 2.98. The van der Waals surface area contributed by atoms with Crippen molar-refractivity contribution in [1.29, 1.82) is 0 Å². The van der Waals surface area contributed by atoms with Gasteiger partial charge in [-0.15, -0.1) is 0 Å². The minimum atomic E-state index is -4.94. The summed E-state index contributed by atoms with van der Waals surface area (Å²) in [4.78, 5) is 0. The second kappa shape index (κ2) is 6.82. The van der Waals surface area contributed by atoms with Gasteiger partial charge in [-0.25, -0.2) is 0 Å². The summed E-state index contributed by atoms with van der Waals surface area (Å²) in [5, 5.41) is 0. The van der Waals surface area contributed by atoms with Gasteiger partial charge in [-0.2, -0.15) is 26.3 Å². The van der Waals surface area contributed by atoms with E-state index >= 15 is 0 Å². The van der Waals surface area contributed by atoms with Crippen molar-refractivity contribution < 1.29 is 26.3 Å². The maximum Gasteiger partial charge on any atom is 0.417 e. The van der Waals surface area contributed by atoms with Crippen LogP contribution in [0.5, 0.6) is 0 Å². The Hall–Kier alpha value is -1.98. The summed E-state index contributed by atoms with van der Waals surface area (Å²) in [6.07, 6.45) is -9.88. The molecular weight excluding hydrogens is 378 g/mol. The zero-order valence-corrected chi connectivity index (χ0v) is 16.7. The molecule has 153 valence electrons. The van der Waals surface area contributed by atoms with E-state index < -0.39 is 39.9 Å². The van der Waals surface area contributed by atoms with Crippen LogP contribution < -0.4 is 0 Å². The summed E-state index contributed by atoms with van der Waals surface area (Å²) in [7, 11) is 0. The van der Waals surface area contributed by atoms with Crippen molar-refractivity contribution in [3.05, 3.63) is 58.7 Å². The lowest BCUT2D eigenvalue weighted by Crippen LogP contribution is -2.18. The number of rotatable bonds is 1. The molecule has 0 N–H and O–H groups in total. The second-order valence-electron chi connectivity index (χ2n) is 8.95. The predicted octanol–water partition coefficient (Wildman–Crippen LogP) is 7.79. The highest BCUT2D eigenvalue weighted by Crippen LogP contribution is 2.45. The first-order chi connectivity index (χ1) is 12.4. The van der Waals surface area contributed by atoms with E-state index in [0.717, 1.165) is 0 Å². The molecule has 0 fully saturated rings. The average molecular weight is 401 g/mol. The third kappa shape index (κ3) is 4.70. The van der Waals surface area contributed by atoms with Crippen LogP contribution in [-0.4, -0.2) is 0 Å². The zero-order chi connectivity index (χ0) is 21.7. The van der Waals surface area contributed by atoms with Crippen LogP contribution in [0.1, 0.15) is 63.8 Å². The van der Waals surface area contributed by atoms with Gasteiger partial charge in [-0.3, -0.25) is 0 Å². The van der Waals surface area contributed by atoms with Gasteiger partial charge >= 0.3 is 12.4 Å². The number of hydrogen-bond donors (Lipinski definition) is 0. The summed E-state index contributed by atoms with van der Waals surface area (Å²) in [5.41, 5.74) is -3.18. The number of benzene rings is 2. The molecule has 2 aromatic carbocycles. The molecule has 6 heteroatoms. The molecule has 0 amide bonds. The molecule has 0 aliphatic heterocycles. The summed E-state index contributed by atoms with van der Waals surface area (Å²) in [6.45, 7) is 11.2. The van der Waals surface area contributed by atoms with Crippen molar-refractivity contribution in [3.8, 4) is 11.1 Å². The topological polar surface area (TPSA) is 0 Å². The lowest BCUT2D eigenvalue weighted by molar-refractivity contribution is -0.142.